The van der Waals surface area contributed by atoms with E-state index >= 15 is 0 Å². The first-order valence-corrected chi connectivity index (χ1v) is 15.8. The topological polar surface area (TPSA) is 385 Å². The maximum absolute atomic E-state index is 12.6. The highest BCUT2D eigenvalue weighted by Gasteiger charge is 2.54. The number of aliphatic hydroxyl groups is 6. The van der Waals surface area contributed by atoms with Crippen LogP contribution in [0.25, 0.3) is 0 Å². The predicted molar refractivity (Wildman–Crippen MR) is 159 cm³/mol. The zero-order valence-corrected chi connectivity index (χ0v) is 26.2. The van der Waals surface area contributed by atoms with Gasteiger partial charge in [0.1, 0.15) is 54.9 Å². The van der Waals surface area contributed by atoms with E-state index < -0.39 is 123 Å². The molecule has 0 unspecified atom stereocenters. The molecule has 3 saturated heterocycles. The number of nitrogens with one attached hydrogen (secondary N) is 1. The molecule has 20 N–H and O–H groups in total. The number of aliphatic hydroxyl groups excluding tert-OH is 6. The van der Waals surface area contributed by atoms with Crippen molar-refractivity contribution in [3.63, 3.8) is 0 Å². The minimum atomic E-state index is -1.69. The quantitative estimate of drug-likeness (QED) is 0.0663. The van der Waals surface area contributed by atoms with Crippen LogP contribution in [0.1, 0.15) is 12.8 Å². The van der Waals surface area contributed by atoms with E-state index in [2.05, 4.69) is 5.32 Å². The molecule has 280 valence electrons. The molecule has 1 aliphatic carbocycles. The number of rotatable bonds is 12. The Labute approximate surface area is 276 Å². The monoisotopic (exact) mass is 700 g/mol. The molecule has 18 atom stereocenters. The van der Waals surface area contributed by atoms with E-state index in [0.717, 1.165) is 0 Å². The third-order valence-corrected chi connectivity index (χ3v) is 9.08. The number of amides is 2. The third kappa shape index (κ3) is 8.51. The van der Waals surface area contributed by atoms with Gasteiger partial charge in [0.25, 0.3) is 0 Å². The van der Waals surface area contributed by atoms with Gasteiger partial charge in [-0.05, 0) is 6.42 Å². The molecular formula is C26H52N8O14. The van der Waals surface area contributed by atoms with Gasteiger partial charge in [0.2, 0.25) is 0 Å². The fraction of sp³-hybridized carbons (Fsp3) is 0.962. The lowest BCUT2D eigenvalue weighted by molar-refractivity contribution is -0.295. The Bertz CT molecular complexity index is 1030. The number of nitrogens with zero attached hydrogens (tertiary/aromatic N) is 1. The molecule has 4 aliphatic rings. The Morgan fingerprint density at radius 2 is 1.38 bits per heavy atom. The van der Waals surface area contributed by atoms with Gasteiger partial charge in [0.15, 0.2) is 18.9 Å². The molecule has 4 rings (SSSR count). The minimum Gasteiger partial charge on any atom is -0.394 e. The molecule has 0 aromatic heterocycles. The number of hydrogen-bond donors (Lipinski definition) is 14. The van der Waals surface area contributed by atoms with Gasteiger partial charge >= 0.3 is 6.03 Å². The first kappa shape index (κ1) is 39.3. The third-order valence-electron chi connectivity index (χ3n) is 9.08. The fourth-order valence-electron chi connectivity index (χ4n) is 6.26. The lowest BCUT2D eigenvalue weighted by Gasteiger charge is -2.47. The van der Waals surface area contributed by atoms with Crippen LogP contribution in [-0.4, -0.2) is 190 Å². The minimum absolute atomic E-state index is 0.0416. The van der Waals surface area contributed by atoms with Crippen LogP contribution in [0.5, 0.6) is 0 Å². The molecule has 4 fully saturated rings. The van der Waals surface area contributed by atoms with Gasteiger partial charge in [-0.2, -0.15) is 0 Å². The number of hydroxylamine groups is 2. The van der Waals surface area contributed by atoms with Crippen molar-refractivity contribution < 1.29 is 69.1 Å². The Kier molecular flexibility index (Phi) is 14.0. The molecule has 22 heteroatoms. The Balaban J connectivity index is 1.56. The smallest absolute Gasteiger partial charge is 0.341 e. The molecule has 48 heavy (non-hydrogen) atoms. The van der Waals surface area contributed by atoms with E-state index in [4.69, 9.17) is 62.8 Å². The summed E-state index contributed by atoms with van der Waals surface area (Å²) in [5.41, 5.74) is 35.4. The number of ether oxygens (including phenoxy) is 6. The molecule has 0 aromatic rings. The maximum Gasteiger partial charge on any atom is 0.341 e. The highest BCUT2D eigenvalue weighted by atomic mass is 16.8. The van der Waals surface area contributed by atoms with Gasteiger partial charge in [0, 0.05) is 32.1 Å². The first-order chi connectivity index (χ1) is 22.8. The average Bonchev–Trinajstić information content (AvgIpc) is 3.36. The van der Waals surface area contributed by atoms with Crippen LogP contribution in [0.3, 0.4) is 0 Å². The van der Waals surface area contributed by atoms with E-state index in [1.807, 2.05) is 0 Å². The summed E-state index contributed by atoms with van der Waals surface area (Å²) in [6.07, 6.45) is -18.6. The summed E-state index contributed by atoms with van der Waals surface area (Å²) >= 11 is 0. The second kappa shape index (κ2) is 17.1. The molecule has 2 amide bonds. The summed E-state index contributed by atoms with van der Waals surface area (Å²) in [4.78, 5) is 12.6. The molecule has 1 saturated carbocycles. The van der Waals surface area contributed by atoms with Crippen LogP contribution < -0.4 is 39.7 Å². The van der Waals surface area contributed by atoms with Gasteiger partial charge in [-0.15, -0.1) is 0 Å². The van der Waals surface area contributed by atoms with Crippen molar-refractivity contribution in [2.75, 3.05) is 32.8 Å². The van der Waals surface area contributed by atoms with E-state index in [1.54, 1.807) is 0 Å². The van der Waals surface area contributed by atoms with Crippen molar-refractivity contribution in [1.29, 1.82) is 0 Å². The van der Waals surface area contributed by atoms with Crippen LogP contribution in [0.2, 0.25) is 0 Å². The molecule has 3 aliphatic heterocycles. The van der Waals surface area contributed by atoms with Crippen molar-refractivity contribution in [3.8, 4) is 0 Å². The molecule has 0 aromatic carbocycles. The summed E-state index contributed by atoms with van der Waals surface area (Å²) in [5.74, 6) is 0. The normalized spacial score (nSPS) is 46.8. The Morgan fingerprint density at radius 3 is 2.00 bits per heavy atom. The summed E-state index contributed by atoms with van der Waals surface area (Å²) in [6, 6.07) is -5.47. The molecule has 0 spiro atoms. The summed E-state index contributed by atoms with van der Waals surface area (Å²) < 4.78 is 35.2. The zero-order chi connectivity index (χ0) is 35.4. The van der Waals surface area contributed by atoms with Crippen molar-refractivity contribution in [2.24, 2.45) is 34.4 Å². The first-order valence-electron chi connectivity index (χ1n) is 15.8. The standard InChI is InChI=1S/C26H52N8O14/c27-1-2-34(42)26(41)33-10-4-9(30)20(46-23-14(31)11(36)3-8(5-28)43-23)22(16(10)37)48-25-19(40)21(13(7-35)45-25)47-24-15(32)18(39)17(38)12(6-29)44-24/h8-25,35-40,42H,1-7,27-32H2,(H,33,41)/t8-,9-,10+,11-,12-,13+,14+,15+,16-,17+,18+,19+,20+,21+,22+,23+,24+,25-/m0/s1. The SMILES string of the molecule is NCCN(O)C(=O)N[C@@H]1C[C@H](N)[C@@H](O[C@H]2O[C@H](CN)C[C@H](O)[C@H]2N)[C@H](O[C@@H]2O[C@H](CO)[C@@H](O[C@H]3O[C@@H](CN)[C@@H](O)[C@H](O)[C@H]3N)[C@H]2O)[C@H]1O. The van der Waals surface area contributed by atoms with Crippen molar-refractivity contribution in [2.45, 2.75) is 123 Å². The number of urea groups is 1. The van der Waals surface area contributed by atoms with E-state index in [-0.39, 0.29) is 39.0 Å². The lowest BCUT2D eigenvalue weighted by atomic mass is 9.83. The number of hydrogen-bond acceptors (Lipinski definition) is 20. The van der Waals surface area contributed by atoms with Crippen LogP contribution in [0.4, 0.5) is 4.79 Å². The summed E-state index contributed by atoms with van der Waals surface area (Å²) in [5, 5.41) is 76.7. The van der Waals surface area contributed by atoms with Crippen molar-refractivity contribution in [1.82, 2.24) is 10.4 Å². The second-order valence-corrected chi connectivity index (χ2v) is 12.5. The van der Waals surface area contributed by atoms with E-state index in [1.165, 1.54) is 0 Å². The van der Waals surface area contributed by atoms with Crippen LogP contribution >= 0.6 is 0 Å². The molecular weight excluding hydrogens is 648 g/mol. The molecule has 22 nitrogen and oxygen atoms in total. The number of carbonyl (C=O) groups excluding carboxylic acids is 1. The predicted octanol–water partition coefficient (Wildman–Crippen LogP) is -8.47. The van der Waals surface area contributed by atoms with Gasteiger partial charge in [0.05, 0.1) is 43.5 Å². The van der Waals surface area contributed by atoms with Crippen LogP contribution in [-0.2, 0) is 28.4 Å². The lowest BCUT2D eigenvalue weighted by Crippen LogP contribution is -2.68. The average molecular weight is 701 g/mol. The Morgan fingerprint density at radius 1 is 0.750 bits per heavy atom. The van der Waals surface area contributed by atoms with Gasteiger partial charge in [-0.1, -0.05) is 0 Å². The van der Waals surface area contributed by atoms with Crippen molar-refractivity contribution >= 4 is 6.03 Å². The number of nitrogens with two attached hydrogens (primary N) is 6. The largest absolute Gasteiger partial charge is 0.394 e. The Hall–Kier alpha value is -1.49. The van der Waals surface area contributed by atoms with Crippen molar-refractivity contribution in [3.05, 3.63) is 0 Å². The van der Waals surface area contributed by atoms with Crippen LogP contribution in [0.15, 0.2) is 0 Å². The van der Waals surface area contributed by atoms with Gasteiger partial charge < -0.3 is 98.8 Å². The molecule has 0 radical (unpaired) electrons. The maximum atomic E-state index is 12.6. The fourth-order valence-corrected chi connectivity index (χ4v) is 6.26. The van der Waals surface area contributed by atoms with E-state index in [9.17, 15) is 40.6 Å². The summed E-state index contributed by atoms with van der Waals surface area (Å²) in [6.45, 7) is -1.11. The zero-order valence-electron chi connectivity index (χ0n) is 26.2. The molecule has 3 heterocycles. The summed E-state index contributed by atoms with van der Waals surface area (Å²) in [7, 11) is 0. The van der Waals surface area contributed by atoms with Crippen LogP contribution in [0, 0.1) is 0 Å². The van der Waals surface area contributed by atoms with E-state index in [0.29, 0.717) is 5.06 Å². The van der Waals surface area contributed by atoms with Gasteiger partial charge in [-0.3, -0.25) is 5.21 Å². The number of carbonyl (C=O) groups is 1. The second-order valence-electron chi connectivity index (χ2n) is 12.5. The molecule has 0 bridgehead atoms. The highest BCUT2D eigenvalue weighted by molar-refractivity contribution is 5.73. The van der Waals surface area contributed by atoms with Gasteiger partial charge in [-0.25, -0.2) is 9.86 Å². The highest BCUT2D eigenvalue weighted by Crippen LogP contribution is 2.34.